The molecule has 0 bridgehead atoms. The van der Waals surface area contributed by atoms with E-state index in [1.807, 2.05) is 0 Å². The molecule has 5 nitrogen and oxygen atoms in total. The quantitative estimate of drug-likeness (QED) is 0.604. The number of hydrogen-bond donors (Lipinski definition) is 2. The van der Waals surface area contributed by atoms with Crippen molar-refractivity contribution in [1.29, 1.82) is 0 Å². The fourth-order valence-corrected chi connectivity index (χ4v) is 3.47. The van der Waals surface area contributed by atoms with Crippen LogP contribution in [0.3, 0.4) is 0 Å². The number of rotatable bonds is 4. The molecule has 0 aliphatic carbocycles. The maximum atomic E-state index is 10.2. The Kier molecular flexibility index (Phi) is 4.75. The first-order valence-electron chi connectivity index (χ1n) is 5.29. The van der Waals surface area contributed by atoms with Gasteiger partial charge in [-0.2, -0.15) is 0 Å². The molecule has 0 spiro atoms. The van der Waals surface area contributed by atoms with Gasteiger partial charge < -0.3 is 0 Å². The number of terminal acetylenes is 1. The SMILES string of the molecule is C#CCOP(O)(O)(OC(C)(C)C)OC(C)(C)C. The Bertz CT molecular complexity index is 285. The van der Waals surface area contributed by atoms with Crippen molar-refractivity contribution in [2.45, 2.75) is 52.7 Å². The van der Waals surface area contributed by atoms with Crippen molar-refractivity contribution in [2.75, 3.05) is 6.61 Å². The van der Waals surface area contributed by atoms with Crippen molar-refractivity contribution in [1.82, 2.24) is 0 Å². The van der Waals surface area contributed by atoms with E-state index in [0.29, 0.717) is 0 Å². The molecule has 6 heteroatoms. The first-order valence-corrected chi connectivity index (χ1v) is 7.18. The van der Waals surface area contributed by atoms with Crippen LogP contribution in [-0.2, 0) is 13.6 Å². The molecule has 0 saturated heterocycles. The minimum absolute atomic E-state index is 0.309. The van der Waals surface area contributed by atoms with Crippen LogP contribution in [0.5, 0.6) is 0 Å². The van der Waals surface area contributed by atoms with Gasteiger partial charge in [0.15, 0.2) is 0 Å². The Balaban J connectivity index is 5.13. The van der Waals surface area contributed by atoms with E-state index in [-0.39, 0.29) is 6.61 Å². The summed E-state index contributed by atoms with van der Waals surface area (Å²) in [6.45, 7) is 9.64. The molecule has 0 radical (unpaired) electrons. The maximum absolute atomic E-state index is 10.2. The van der Waals surface area contributed by atoms with Gasteiger partial charge in [0, 0.05) is 0 Å². The molecule has 0 aromatic rings. The summed E-state index contributed by atoms with van der Waals surface area (Å²) in [6, 6.07) is 0. The van der Waals surface area contributed by atoms with Gasteiger partial charge in [-0.15, -0.1) is 0 Å². The van der Waals surface area contributed by atoms with Gasteiger partial charge in [-0.05, 0) is 0 Å². The third-order valence-electron chi connectivity index (χ3n) is 1.23. The predicted octanol–water partition coefficient (Wildman–Crippen LogP) is 2.38. The van der Waals surface area contributed by atoms with Gasteiger partial charge in [0.1, 0.15) is 0 Å². The van der Waals surface area contributed by atoms with Crippen LogP contribution in [0.4, 0.5) is 0 Å². The molecule has 0 heterocycles. The Hall–Kier alpha value is -0.210. The molecule has 102 valence electrons. The molecule has 0 saturated carbocycles. The predicted molar refractivity (Wildman–Crippen MR) is 67.8 cm³/mol. The standard InChI is InChI=1S/C11H23O5P/c1-8-9-14-17(12,13,15-10(2,3)4)16-11(5,6)7/h1,12-13H,9H2,2-7H3. The number of hydrogen-bond acceptors (Lipinski definition) is 5. The van der Waals surface area contributed by atoms with Crippen LogP contribution in [0.15, 0.2) is 0 Å². The molecular formula is C11H23O5P. The molecule has 0 atom stereocenters. The first kappa shape index (κ1) is 16.8. The zero-order valence-electron chi connectivity index (χ0n) is 11.4. The van der Waals surface area contributed by atoms with Gasteiger partial charge in [-0.25, -0.2) is 0 Å². The molecule has 0 rings (SSSR count). The fourth-order valence-electron chi connectivity index (χ4n) is 1.16. The van der Waals surface area contributed by atoms with E-state index in [0.717, 1.165) is 0 Å². The zero-order valence-corrected chi connectivity index (χ0v) is 12.2. The van der Waals surface area contributed by atoms with E-state index in [4.69, 9.17) is 20.0 Å². The second-order valence-corrected chi connectivity index (χ2v) is 7.92. The summed E-state index contributed by atoms with van der Waals surface area (Å²) in [5.41, 5.74) is -1.69. The van der Waals surface area contributed by atoms with Crippen LogP contribution in [0.25, 0.3) is 0 Å². The van der Waals surface area contributed by atoms with Crippen molar-refractivity contribution >= 4 is 7.74 Å². The summed E-state index contributed by atoms with van der Waals surface area (Å²) in [6.07, 6.45) is 5.03. The second kappa shape index (κ2) is 4.81. The molecule has 0 aromatic heterocycles. The van der Waals surface area contributed by atoms with Gasteiger partial charge >= 0.3 is 103 Å². The minimum atomic E-state index is -5.16. The topological polar surface area (TPSA) is 68.2 Å². The van der Waals surface area contributed by atoms with Gasteiger partial charge in [-0.3, -0.25) is 0 Å². The van der Waals surface area contributed by atoms with Crippen LogP contribution in [-0.4, -0.2) is 27.6 Å². The zero-order chi connectivity index (χ0) is 14.0. The molecule has 0 aliphatic heterocycles. The van der Waals surface area contributed by atoms with E-state index >= 15 is 0 Å². The summed E-state index contributed by atoms with van der Waals surface area (Å²) < 4.78 is 15.3. The van der Waals surface area contributed by atoms with E-state index in [2.05, 4.69) is 5.92 Å². The summed E-state index contributed by atoms with van der Waals surface area (Å²) >= 11 is 0. The van der Waals surface area contributed by atoms with Crippen molar-refractivity contribution in [3.63, 3.8) is 0 Å². The Morgan fingerprint density at radius 3 is 1.59 bits per heavy atom. The van der Waals surface area contributed by atoms with Crippen LogP contribution < -0.4 is 0 Å². The average Bonchev–Trinajstić information content (AvgIpc) is 1.91. The summed E-state index contributed by atoms with van der Waals surface area (Å²) in [4.78, 5) is 20.4. The third-order valence-corrected chi connectivity index (χ3v) is 3.52. The second-order valence-electron chi connectivity index (χ2n) is 5.69. The Labute approximate surface area is 103 Å². The molecule has 0 aliphatic rings. The molecule has 17 heavy (non-hydrogen) atoms. The molecule has 0 unspecified atom stereocenters. The van der Waals surface area contributed by atoms with E-state index in [1.165, 1.54) is 0 Å². The van der Waals surface area contributed by atoms with Crippen molar-refractivity contribution in [2.24, 2.45) is 0 Å². The fraction of sp³-hybridized carbons (Fsp3) is 0.818. The summed E-state index contributed by atoms with van der Waals surface area (Å²) in [7, 11) is -5.16. The molecule has 0 fully saturated rings. The average molecular weight is 266 g/mol. The molecule has 0 aromatic carbocycles. The van der Waals surface area contributed by atoms with Crippen LogP contribution in [0.1, 0.15) is 41.5 Å². The van der Waals surface area contributed by atoms with Gasteiger partial charge in [0.05, 0.1) is 0 Å². The van der Waals surface area contributed by atoms with Crippen molar-refractivity contribution in [3.05, 3.63) is 0 Å². The summed E-state index contributed by atoms with van der Waals surface area (Å²) in [5.74, 6) is 2.15. The first-order chi connectivity index (χ1) is 7.26. The van der Waals surface area contributed by atoms with Gasteiger partial charge in [0.2, 0.25) is 0 Å². The van der Waals surface area contributed by atoms with E-state index in [1.54, 1.807) is 41.5 Å². The van der Waals surface area contributed by atoms with Gasteiger partial charge in [0.25, 0.3) is 0 Å². The van der Waals surface area contributed by atoms with Crippen LogP contribution in [0.2, 0.25) is 0 Å². The monoisotopic (exact) mass is 266 g/mol. The molecule has 0 amide bonds. The molecule has 2 N–H and O–H groups in total. The van der Waals surface area contributed by atoms with Crippen LogP contribution >= 0.6 is 7.74 Å². The Morgan fingerprint density at radius 2 is 1.35 bits per heavy atom. The summed E-state index contributed by atoms with van der Waals surface area (Å²) in [5, 5.41) is 0. The Morgan fingerprint density at radius 1 is 1.00 bits per heavy atom. The van der Waals surface area contributed by atoms with Crippen LogP contribution in [0, 0.1) is 12.3 Å². The van der Waals surface area contributed by atoms with Crippen molar-refractivity contribution < 1.29 is 23.4 Å². The molecular weight excluding hydrogens is 243 g/mol. The normalized spacial score (nSPS) is 16.1. The van der Waals surface area contributed by atoms with Gasteiger partial charge in [-0.1, -0.05) is 0 Å². The van der Waals surface area contributed by atoms with Crippen molar-refractivity contribution in [3.8, 4) is 12.3 Å². The van der Waals surface area contributed by atoms with E-state index < -0.39 is 18.9 Å². The van der Waals surface area contributed by atoms with E-state index in [9.17, 15) is 9.79 Å². The third kappa shape index (κ3) is 7.67.